The van der Waals surface area contributed by atoms with Crippen molar-refractivity contribution in [2.45, 2.75) is 39.3 Å². The van der Waals surface area contributed by atoms with Crippen LogP contribution < -0.4 is 5.32 Å². The Labute approximate surface area is 152 Å². The predicted octanol–water partition coefficient (Wildman–Crippen LogP) is 4.39. The van der Waals surface area contributed by atoms with Gasteiger partial charge in [-0.1, -0.05) is 13.8 Å². The molecule has 0 bridgehead atoms. The smallest absolute Gasteiger partial charge is 0.278 e. The van der Waals surface area contributed by atoms with Gasteiger partial charge in [-0.2, -0.15) is 0 Å². The van der Waals surface area contributed by atoms with Crippen LogP contribution in [0.15, 0.2) is 41.3 Å². The second-order valence-electron chi connectivity index (χ2n) is 7.16. The highest BCUT2D eigenvalue weighted by atomic mass is 16.5. The molecule has 1 fully saturated rings. The molecule has 6 heteroatoms. The van der Waals surface area contributed by atoms with Crippen LogP contribution in [0.25, 0.3) is 10.9 Å². The standard InChI is InChI=1S/C20H23N3O3/c1-13(2)11-23-8-7-14-10-15(5-6-16(14)23)22-20(24)18-19(26-12-21-18)17-4-3-9-25-17/h5-8,10,12-13,17H,3-4,9,11H2,1-2H3,(H,22,24)/t17-/m1/s1. The normalized spacial score (nSPS) is 17.3. The van der Waals surface area contributed by atoms with E-state index in [1.165, 1.54) is 6.39 Å². The lowest BCUT2D eigenvalue weighted by atomic mass is 10.1. The van der Waals surface area contributed by atoms with Gasteiger partial charge in [-0.15, -0.1) is 0 Å². The Kier molecular flexibility index (Phi) is 4.51. The third-order valence-electron chi connectivity index (χ3n) is 4.62. The topological polar surface area (TPSA) is 69.3 Å². The number of hydrogen-bond acceptors (Lipinski definition) is 4. The summed E-state index contributed by atoms with van der Waals surface area (Å²) in [5.74, 6) is 0.822. The van der Waals surface area contributed by atoms with E-state index in [0.717, 1.165) is 36.0 Å². The number of carbonyl (C=O) groups excluding carboxylic acids is 1. The zero-order valence-electron chi connectivity index (χ0n) is 15.1. The third kappa shape index (κ3) is 3.24. The van der Waals surface area contributed by atoms with Gasteiger partial charge in [0.1, 0.15) is 6.10 Å². The predicted molar refractivity (Wildman–Crippen MR) is 99.2 cm³/mol. The van der Waals surface area contributed by atoms with E-state index in [0.29, 0.717) is 24.0 Å². The van der Waals surface area contributed by atoms with Crippen molar-refractivity contribution in [1.82, 2.24) is 9.55 Å². The first-order valence-corrected chi connectivity index (χ1v) is 9.07. The summed E-state index contributed by atoms with van der Waals surface area (Å²) < 4.78 is 13.3. The summed E-state index contributed by atoms with van der Waals surface area (Å²) in [5, 5.41) is 4.02. The summed E-state index contributed by atoms with van der Waals surface area (Å²) in [6, 6.07) is 8.01. The van der Waals surface area contributed by atoms with Crippen molar-refractivity contribution in [3.63, 3.8) is 0 Å². The maximum atomic E-state index is 12.6. The van der Waals surface area contributed by atoms with Gasteiger partial charge in [0.05, 0.1) is 0 Å². The number of carbonyl (C=O) groups is 1. The Morgan fingerprint density at radius 1 is 1.38 bits per heavy atom. The van der Waals surface area contributed by atoms with Gasteiger partial charge in [-0.3, -0.25) is 4.79 Å². The minimum absolute atomic E-state index is 0.175. The van der Waals surface area contributed by atoms with Crippen molar-refractivity contribution < 1.29 is 13.9 Å². The fourth-order valence-electron chi connectivity index (χ4n) is 3.46. The molecule has 1 amide bonds. The fraction of sp³-hybridized carbons (Fsp3) is 0.400. The lowest BCUT2D eigenvalue weighted by molar-refractivity contribution is 0.0889. The van der Waals surface area contributed by atoms with E-state index in [2.05, 4.69) is 41.0 Å². The van der Waals surface area contributed by atoms with Gasteiger partial charge in [-0.25, -0.2) is 4.98 Å². The van der Waals surface area contributed by atoms with Crippen molar-refractivity contribution in [2.75, 3.05) is 11.9 Å². The molecule has 0 unspecified atom stereocenters. The maximum Gasteiger partial charge on any atom is 0.278 e. The van der Waals surface area contributed by atoms with E-state index in [1.807, 2.05) is 18.2 Å². The largest absolute Gasteiger partial charge is 0.445 e. The van der Waals surface area contributed by atoms with Crippen LogP contribution in [0, 0.1) is 5.92 Å². The number of oxazole rings is 1. The quantitative estimate of drug-likeness (QED) is 0.738. The first-order chi connectivity index (χ1) is 12.6. The molecule has 0 aliphatic carbocycles. The molecule has 1 aliphatic rings. The van der Waals surface area contributed by atoms with Crippen LogP contribution in [-0.4, -0.2) is 22.1 Å². The van der Waals surface area contributed by atoms with Gasteiger partial charge in [0.15, 0.2) is 17.8 Å². The minimum atomic E-state index is -0.273. The molecule has 3 aromatic rings. The van der Waals surface area contributed by atoms with Crippen LogP contribution in [-0.2, 0) is 11.3 Å². The summed E-state index contributed by atoms with van der Waals surface area (Å²) in [7, 11) is 0. The molecule has 1 atom stereocenters. The molecule has 26 heavy (non-hydrogen) atoms. The van der Waals surface area contributed by atoms with Gasteiger partial charge in [0, 0.05) is 35.9 Å². The van der Waals surface area contributed by atoms with Crippen molar-refractivity contribution in [3.8, 4) is 0 Å². The van der Waals surface area contributed by atoms with E-state index in [1.54, 1.807) is 0 Å². The highest BCUT2D eigenvalue weighted by Gasteiger charge is 2.28. The number of anilines is 1. The number of benzene rings is 1. The molecule has 6 nitrogen and oxygen atoms in total. The van der Waals surface area contributed by atoms with Gasteiger partial charge < -0.3 is 19.0 Å². The van der Waals surface area contributed by atoms with E-state index >= 15 is 0 Å². The summed E-state index contributed by atoms with van der Waals surface area (Å²) in [4.78, 5) is 16.7. The van der Waals surface area contributed by atoms with Crippen LogP contribution in [0.4, 0.5) is 5.69 Å². The number of fused-ring (bicyclic) bond motifs is 1. The minimum Gasteiger partial charge on any atom is -0.445 e. The highest BCUT2D eigenvalue weighted by Crippen LogP contribution is 2.31. The molecule has 0 saturated carbocycles. The molecule has 1 saturated heterocycles. The summed E-state index contributed by atoms with van der Waals surface area (Å²) in [5.41, 5.74) is 2.21. The number of nitrogens with zero attached hydrogens (tertiary/aromatic N) is 2. The summed E-state index contributed by atoms with van der Waals surface area (Å²) in [6.07, 6.45) is 5.04. The van der Waals surface area contributed by atoms with Crippen molar-refractivity contribution in [2.24, 2.45) is 5.92 Å². The van der Waals surface area contributed by atoms with Crippen molar-refractivity contribution in [3.05, 3.63) is 48.3 Å². The van der Waals surface area contributed by atoms with Crippen LogP contribution in [0.2, 0.25) is 0 Å². The molecule has 0 radical (unpaired) electrons. The molecule has 1 aromatic carbocycles. The molecule has 3 heterocycles. The Morgan fingerprint density at radius 2 is 2.27 bits per heavy atom. The Morgan fingerprint density at radius 3 is 3.04 bits per heavy atom. The molecule has 0 spiro atoms. The highest BCUT2D eigenvalue weighted by molar-refractivity contribution is 6.04. The fourth-order valence-corrected chi connectivity index (χ4v) is 3.46. The number of rotatable bonds is 5. The Balaban J connectivity index is 1.54. The second kappa shape index (κ2) is 6.96. The van der Waals surface area contributed by atoms with E-state index < -0.39 is 0 Å². The molecule has 136 valence electrons. The lowest BCUT2D eigenvalue weighted by Crippen LogP contribution is -2.15. The number of hydrogen-bond donors (Lipinski definition) is 1. The van der Waals surface area contributed by atoms with E-state index in [-0.39, 0.29) is 12.0 Å². The molecule has 2 aromatic heterocycles. The third-order valence-corrected chi connectivity index (χ3v) is 4.62. The number of ether oxygens (including phenoxy) is 1. The molecular weight excluding hydrogens is 330 g/mol. The van der Waals surface area contributed by atoms with Gasteiger partial charge >= 0.3 is 0 Å². The maximum absolute atomic E-state index is 12.6. The first-order valence-electron chi connectivity index (χ1n) is 9.07. The zero-order chi connectivity index (χ0) is 18.1. The average molecular weight is 353 g/mol. The SMILES string of the molecule is CC(C)Cn1ccc2cc(NC(=O)c3ncoc3[C@H]3CCCO3)ccc21. The molecule has 4 rings (SSSR count). The monoisotopic (exact) mass is 353 g/mol. The van der Waals surface area contributed by atoms with Gasteiger partial charge in [0.25, 0.3) is 5.91 Å². The number of aromatic nitrogens is 2. The van der Waals surface area contributed by atoms with Crippen LogP contribution in [0.1, 0.15) is 49.0 Å². The molecular formula is C20H23N3O3. The summed E-state index contributed by atoms with van der Waals surface area (Å²) >= 11 is 0. The van der Waals surface area contributed by atoms with Gasteiger partial charge in [-0.05, 0) is 43.0 Å². The first kappa shape index (κ1) is 16.8. The number of nitrogens with one attached hydrogen (secondary N) is 1. The van der Waals surface area contributed by atoms with Crippen molar-refractivity contribution >= 4 is 22.5 Å². The van der Waals surface area contributed by atoms with Crippen LogP contribution in [0.5, 0.6) is 0 Å². The zero-order valence-corrected chi connectivity index (χ0v) is 15.1. The van der Waals surface area contributed by atoms with Gasteiger partial charge in [0.2, 0.25) is 0 Å². The number of amides is 1. The molecule has 1 aliphatic heterocycles. The van der Waals surface area contributed by atoms with Crippen LogP contribution in [0.3, 0.4) is 0 Å². The Hall–Kier alpha value is -2.60. The van der Waals surface area contributed by atoms with Crippen LogP contribution >= 0.6 is 0 Å². The second-order valence-corrected chi connectivity index (χ2v) is 7.16. The lowest BCUT2D eigenvalue weighted by Gasteiger charge is -2.10. The molecule has 1 N–H and O–H groups in total. The van der Waals surface area contributed by atoms with E-state index in [4.69, 9.17) is 9.15 Å². The van der Waals surface area contributed by atoms with Crippen molar-refractivity contribution in [1.29, 1.82) is 0 Å². The van der Waals surface area contributed by atoms with E-state index in [9.17, 15) is 4.79 Å². The average Bonchev–Trinajstić information content (AvgIpc) is 3.34. The summed E-state index contributed by atoms with van der Waals surface area (Å²) in [6.45, 7) is 6.06. The Bertz CT molecular complexity index is 919.